The van der Waals surface area contributed by atoms with Crippen LogP contribution >= 0.6 is 11.3 Å². The summed E-state index contributed by atoms with van der Waals surface area (Å²) in [4.78, 5) is 22.9. The minimum absolute atomic E-state index is 0.0779. The van der Waals surface area contributed by atoms with Crippen molar-refractivity contribution in [3.8, 4) is 0 Å². The van der Waals surface area contributed by atoms with Gasteiger partial charge in [-0.2, -0.15) is 0 Å². The zero-order valence-corrected chi connectivity index (χ0v) is 10.7. The number of carbonyl (C=O) groups is 1. The van der Waals surface area contributed by atoms with Gasteiger partial charge >= 0.3 is 5.97 Å². The summed E-state index contributed by atoms with van der Waals surface area (Å²) in [7, 11) is 0. The van der Waals surface area contributed by atoms with E-state index in [0.717, 1.165) is 4.70 Å². The van der Waals surface area contributed by atoms with Crippen molar-refractivity contribution < 1.29 is 9.90 Å². The molecule has 18 heavy (non-hydrogen) atoms. The van der Waals surface area contributed by atoms with Gasteiger partial charge < -0.3 is 9.67 Å². The first kappa shape index (κ1) is 12.6. The summed E-state index contributed by atoms with van der Waals surface area (Å²) < 4.78 is 2.47. The van der Waals surface area contributed by atoms with Crippen LogP contribution in [0.2, 0.25) is 0 Å². The van der Waals surface area contributed by atoms with Gasteiger partial charge in [-0.1, -0.05) is 13.0 Å². The maximum atomic E-state index is 12.1. The molecule has 0 saturated carbocycles. The van der Waals surface area contributed by atoms with Crippen LogP contribution in [-0.2, 0) is 11.3 Å². The predicted molar refractivity (Wildman–Crippen MR) is 72.1 cm³/mol. The standard InChI is InChI=1S/C13H13NO3S/c1-2-9(13(16)17)3-6-14-7-4-11-10(12(14)15)5-8-18-11/h3-5,7-8H,2,6H2,1H3,(H,16,17)/b9-3-. The largest absolute Gasteiger partial charge is 0.478 e. The Morgan fingerprint density at radius 3 is 2.94 bits per heavy atom. The molecule has 0 fully saturated rings. The van der Waals surface area contributed by atoms with E-state index in [2.05, 4.69) is 0 Å². The van der Waals surface area contributed by atoms with Crippen molar-refractivity contribution in [2.24, 2.45) is 0 Å². The molecule has 2 aromatic heterocycles. The van der Waals surface area contributed by atoms with Crippen LogP contribution < -0.4 is 5.56 Å². The number of carboxylic acids is 1. The Hall–Kier alpha value is -1.88. The Labute approximate surface area is 108 Å². The molecule has 0 atom stereocenters. The van der Waals surface area contributed by atoms with E-state index in [0.29, 0.717) is 23.9 Å². The first-order valence-electron chi connectivity index (χ1n) is 5.62. The van der Waals surface area contributed by atoms with Gasteiger partial charge in [0.15, 0.2) is 0 Å². The average molecular weight is 263 g/mol. The number of allylic oxidation sites excluding steroid dienone is 1. The smallest absolute Gasteiger partial charge is 0.331 e. The van der Waals surface area contributed by atoms with Gasteiger partial charge in [-0.15, -0.1) is 11.3 Å². The fourth-order valence-electron chi connectivity index (χ4n) is 1.74. The van der Waals surface area contributed by atoms with Crippen molar-refractivity contribution in [2.75, 3.05) is 0 Å². The molecule has 0 spiro atoms. The summed E-state index contributed by atoms with van der Waals surface area (Å²) in [6.07, 6.45) is 3.74. The molecule has 0 saturated heterocycles. The maximum absolute atomic E-state index is 12.1. The SMILES string of the molecule is CC/C(=C/Cn1ccc2sccc2c1=O)C(=O)O. The van der Waals surface area contributed by atoms with E-state index in [1.165, 1.54) is 15.9 Å². The summed E-state index contributed by atoms with van der Waals surface area (Å²) in [5, 5.41) is 11.5. The molecule has 0 bridgehead atoms. The number of aliphatic carboxylic acids is 1. The van der Waals surface area contributed by atoms with Crippen LogP contribution in [-0.4, -0.2) is 15.6 Å². The van der Waals surface area contributed by atoms with Gasteiger partial charge in [-0.05, 0) is 23.9 Å². The number of carboxylic acid groups (broad SMARTS) is 1. The second kappa shape index (κ2) is 5.18. The maximum Gasteiger partial charge on any atom is 0.331 e. The number of nitrogens with zero attached hydrogens (tertiary/aromatic N) is 1. The van der Waals surface area contributed by atoms with E-state index >= 15 is 0 Å². The Morgan fingerprint density at radius 1 is 1.50 bits per heavy atom. The van der Waals surface area contributed by atoms with Gasteiger partial charge in [0, 0.05) is 23.0 Å². The van der Waals surface area contributed by atoms with Crippen LogP contribution in [0.5, 0.6) is 0 Å². The minimum Gasteiger partial charge on any atom is -0.478 e. The molecule has 2 aromatic rings. The van der Waals surface area contributed by atoms with Gasteiger partial charge in [-0.25, -0.2) is 4.79 Å². The lowest BCUT2D eigenvalue weighted by Crippen LogP contribution is -2.18. The molecular weight excluding hydrogens is 250 g/mol. The minimum atomic E-state index is -0.929. The van der Waals surface area contributed by atoms with Crippen molar-refractivity contribution in [2.45, 2.75) is 19.9 Å². The van der Waals surface area contributed by atoms with Gasteiger partial charge in [-0.3, -0.25) is 4.79 Å². The Morgan fingerprint density at radius 2 is 2.28 bits per heavy atom. The number of thiophene rings is 1. The molecular formula is C13H13NO3S. The van der Waals surface area contributed by atoms with Gasteiger partial charge in [0.05, 0.1) is 5.39 Å². The summed E-state index contributed by atoms with van der Waals surface area (Å²) in [5.74, 6) is -0.929. The Balaban J connectivity index is 2.35. The highest BCUT2D eigenvalue weighted by atomic mass is 32.1. The van der Waals surface area contributed by atoms with E-state index in [-0.39, 0.29) is 5.56 Å². The monoisotopic (exact) mass is 263 g/mol. The fraction of sp³-hybridized carbons (Fsp3) is 0.231. The molecule has 0 amide bonds. The van der Waals surface area contributed by atoms with E-state index < -0.39 is 5.97 Å². The van der Waals surface area contributed by atoms with Crippen molar-refractivity contribution in [3.05, 3.63) is 45.7 Å². The highest BCUT2D eigenvalue weighted by Crippen LogP contribution is 2.16. The highest BCUT2D eigenvalue weighted by Gasteiger charge is 2.05. The quantitative estimate of drug-likeness (QED) is 0.862. The van der Waals surface area contributed by atoms with Crippen molar-refractivity contribution >= 4 is 27.4 Å². The van der Waals surface area contributed by atoms with Crippen LogP contribution in [0.15, 0.2) is 40.2 Å². The molecule has 94 valence electrons. The van der Waals surface area contributed by atoms with Crippen LogP contribution in [0.4, 0.5) is 0 Å². The lowest BCUT2D eigenvalue weighted by molar-refractivity contribution is -0.132. The van der Waals surface area contributed by atoms with Crippen molar-refractivity contribution in [1.82, 2.24) is 4.57 Å². The number of aromatic nitrogens is 1. The summed E-state index contributed by atoms with van der Waals surface area (Å²) >= 11 is 1.52. The van der Waals surface area contributed by atoms with E-state index in [1.54, 1.807) is 25.3 Å². The second-order valence-electron chi connectivity index (χ2n) is 3.86. The first-order chi connectivity index (χ1) is 8.63. The molecule has 0 aromatic carbocycles. The molecule has 0 radical (unpaired) electrons. The zero-order chi connectivity index (χ0) is 13.1. The summed E-state index contributed by atoms with van der Waals surface area (Å²) in [6, 6.07) is 3.67. The molecule has 1 N–H and O–H groups in total. The number of hydrogen-bond donors (Lipinski definition) is 1. The highest BCUT2D eigenvalue weighted by molar-refractivity contribution is 7.17. The number of pyridine rings is 1. The normalized spacial score (nSPS) is 11.9. The Bertz CT molecular complexity index is 666. The lowest BCUT2D eigenvalue weighted by atomic mass is 10.2. The zero-order valence-electron chi connectivity index (χ0n) is 9.92. The van der Waals surface area contributed by atoms with Crippen molar-refractivity contribution in [3.63, 3.8) is 0 Å². The molecule has 0 aliphatic rings. The van der Waals surface area contributed by atoms with Crippen LogP contribution in [0.1, 0.15) is 13.3 Å². The average Bonchev–Trinajstić information content (AvgIpc) is 2.81. The number of fused-ring (bicyclic) bond motifs is 1. The molecule has 2 heterocycles. The fourth-order valence-corrected chi connectivity index (χ4v) is 2.51. The van der Waals surface area contributed by atoms with Gasteiger partial charge in [0.2, 0.25) is 0 Å². The summed E-state index contributed by atoms with van der Waals surface area (Å²) in [6.45, 7) is 2.07. The van der Waals surface area contributed by atoms with Crippen molar-refractivity contribution in [1.29, 1.82) is 0 Å². The third-order valence-corrected chi connectivity index (χ3v) is 3.66. The van der Waals surface area contributed by atoms with E-state index in [4.69, 9.17) is 5.11 Å². The number of hydrogen-bond acceptors (Lipinski definition) is 3. The van der Waals surface area contributed by atoms with Gasteiger partial charge in [0.1, 0.15) is 0 Å². The Kier molecular flexibility index (Phi) is 3.62. The molecule has 2 rings (SSSR count). The van der Waals surface area contributed by atoms with E-state index in [1.807, 2.05) is 11.4 Å². The topological polar surface area (TPSA) is 59.3 Å². The number of rotatable bonds is 4. The molecule has 0 unspecified atom stereocenters. The predicted octanol–water partition coefficient (Wildman–Crippen LogP) is 2.48. The molecule has 4 nitrogen and oxygen atoms in total. The summed E-state index contributed by atoms with van der Waals surface area (Å²) in [5.41, 5.74) is 0.248. The third-order valence-electron chi connectivity index (χ3n) is 2.78. The van der Waals surface area contributed by atoms with Crippen LogP contribution in [0.3, 0.4) is 0 Å². The third kappa shape index (κ3) is 2.36. The van der Waals surface area contributed by atoms with Gasteiger partial charge in [0.25, 0.3) is 5.56 Å². The lowest BCUT2D eigenvalue weighted by Gasteiger charge is -2.03. The molecule has 0 aliphatic heterocycles. The first-order valence-corrected chi connectivity index (χ1v) is 6.50. The second-order valence-corrected chi connectivity index (χ2v) is 4.81. The van der Waals surface area contributed by atoms with E-state index in [9.17, 15) is 9.59 Å². The molecule has 5 heteroatoms. The molecule has 0 aliphatic carbocycles. The van der Waals surface area contributed by atoms with Crippen LogP contribution in [0, 0.1) is 0 Å². The van der Waals surface area contributed by atoms with Crippen LogP contribution in [0.25, 0.3) is 10.1 Å².